The third-order valence-corrected chi connectivity index (χ3v) is 2.20. The molecule has 1 amide bonds. The fourth-order valence-electron chi connectivity index (χ4n) is 1.15. The number of carbonyl (C=O) groups excluding carboxylic acids is 1. The number of hydrogen-bond donors (Lipinski definition) is 3. The van der Waals surface area contributed by atoms with E-state index in [2.05, 4.69) is 5.32 Å². The van der Waals surface area contributed by atoms with Crippen molar-refractivity contribution in [3.8, 4) is 5.75 Å². The molecule has 0 fully saturated rings. The van der Waals surface area contributed by atoms with Gasteiger partial charge in [-0.1, -0.05) is 19.1 Å². The maximum Gasteiger partial charge on any atom is 0.221 e. The summed E-state index contributed by atoms with van der Waals surface area (Å²) >= 11 is 0. The monoisotopic (exact) mass is 208 g/mol. The van der Waals surface area contributed by atoms with Gasteiger partial charge < -0.3 is 16.2 Å². The predicted octanol–water partition coefficient (Wildman–Crippen LogP) is 0.603. The Kier molecular flexibility index (Phi) is 4.12. The lowest BCUT2D eigenvalue weighted by Crippen LogP contribution is -2.30. The minimum Gasteiger partial charge on any atom is -0.508 e. The molecule has 4 N–H and O–H groups in total. The van der Waals surface area contributed by atoms with Crippen molar-refractivity contribution in [2.45, 2.75) is 13.5 Å². The van der Waals surface area contributed by atoms with Gasteiger partial charge in [0.15, 0.2) is 0 Å². The molecule has 0 radical (unpaired) electrons. The number of amides is 1. The molecule has 82 valence electrons. The van der Waals surface area contributed by atoms with Crippen molar-refractivity contribution in [2.75, 3.05) is 6.54 Å². The van der Waals surface area contributed by atoms with Gasteiger partial charge in [0.05, 0.1) is 0 Å². The van der Waals surface area contributed by atoms with Crippen molar-refractivity contribution in [1.82, 2.24) is 5.32 Å². The van der Waals surface area contributed by atoms with Gasteiger partial charge in [-0.25, -0.2) is 0 Å². The molecule has 0 saturated heterocycles. The first-order chi connectivity index (χ1) is 7.09. The van der Waals surface area contributed by atoms with Crippen LogP contribution in [0.5, 0.6) is 5.75 Å². The number of carbonyl (C=O) groups is 1. The molecule has 15 heavy (non-hydrogen) atoms. The van der Waals surface area contributed by atoms with E-state index in [0.29, 0.717) is 13.1 Å². The highest BCUT2D eigenvalue weighted by atomic mass is 16.3. The molecule has 1 aromatic carbocycles. The molecule has 0 aliphatic carbocycles. The van der Waals surface area contributed by atoms with E-state index < -0.39 is 0 Å². The molecular weight excluding hydrogens is 192 g/mol. The summed E-state index contributed by atoms with van der Waals surface area (Å²) in [6, 6.07) is 6.93. The highest BCUT2D eigenvalue weighted by Crippen LogP contribution is 2.09. The fraction of sp³-hybridized carbons (Fsp3) is 0.364. The zero-order valence-electron chi connectivity index (χ0n) is 8.73. The summed E-state index contributed by atoms with van der Waals surface area (Å²) < 4.78 is 0. The minimum absolute atomic E-state index is 0.165. The van der Waals surface area contributed by atoms with Crippen LogP contribution < -0.4 is 11.1 Å². The van der Waals surface area contributed by atoms with E-state index in [1.54, 1.807) is 19.1 Å². The third kappa shape index (κ3) is 3.99. The topological polar surface area (TPSA) is 75.3 Å². The van der Waals surface area contributed by atoms with Gasteiger partial charge in [0.25, 0.3) is 0 Å². The summed E-state index contributed by atoms with van der Waals surface area (Å²) in [4.78, 5) is 10.7. The highest BCUT2D eigenvalue weighted by Gasteiger charge is 2.06. The Balaban J connectivity index is 2.32. The summed E-state index contributed by atoms with van der Waals surface area (Å²) in [7, 11) is 0. The molecule has 0 heterocycles. The standard InChI is InChI=1S/C11H16N2O2/c1-8(11(12)15)6-13-7-9-2-4-10(14)5-3-9/h2-5,8,13-14H,6-7H2,1H3,(H2,12,15). The third-order valence-electron chi connectivity index (χ3n) is 2.20. The molecule has 4 nitrogen and oxygen atoms in total. The second-order valence-corrected chi connectivity index (χ2v) is 3.60. The average molecular weight is 208 g/mol. The molecular formula is C11H16N2O2. The van der Waals surface area contributed by atoms with Gasteiger partial charge in [0.2, 0.25) is 5.91 Å². The van der Waals surface area contributed by atoms with Crippen LogP contribution in [0.1, 0.15) is 12.5 Å². The van der Waals surface area contributed by atoms with Crippen LogP contribution in [0.2, 0.25) is 0 Å². The molecule has 1 aromatic rings. The summed E-state index contributed by atoms with van der Waals surface area (Å²) in [5, 5.41) is 12.2. The minimum atomic E-state index is -0.298. The fourth-order valence-corrected chi connectivity index (χ4v) is 1.15. The zero-order valence-corrected chi connectivity index (χ0v) is 8.73. The van der Waals surface area contributed by atoms with E-state index in [1.807, 2.05) is 12.1 Å². The first-order valence-electron chi connectivity index (χ1n) is 4.87. The summed E-state index contributed by atoms with van der Waals surface area (Å²) in [6.07, 6.45) is 0. The Morgan fingerprint density at radius 3 is 2.60 bits per heavy atom. The van der Waals surface area contributed by atoms with Crippen molar-refractivity contribution in [1.29, 1.82) is 0 Å². The maximum absolute atomic E-state index is 10.7. The lowest BCUT2D eigenvalue weighted by Gasteiger charge is -2.08. The van der Waals surface area contributed by atoms with E-state index in [4.69, 9.17) is 10.8 Å². The van der Waals surface area contributed by atoms with Crippen LogP contribution in [0.3, 0.4) is 0 Å². The first-order valence-corrected chi connectivity index (χ1v) is 4.87. The van der Waals surface area contributed by atoms with Gasteiger partial charge in [-0.2, -0.15) is 0 Å². The molecule has 1 unspecified atom stereocenters. The lowest BCUT2D eigenvalue weighted by atomic mass is 10.1. The molecule has 4 heteroatoms. The van der Waals surface area contributed by atoms with Gasteiger partial charge in [0, 0.05) is 19.0 Å². The molecule has 0 aliphatic heterocycles. The predicted molar refractivity (Wildman–Crippen MR) is 58.2 cm³/mol. The van der Waals surface area contributed by atoms with Crippen molar-refractivity contribution >= 4 is 5.91 Å². The van der Waals surface area contributed by atoms with Crippen molar-refractivity contribution in [3.63, 3.8) is 0 Å². The summed E-state index contributed by atoms with van der Waals surface area (Å²) in [5.74, 6) is -0.209. The normalized spacial score (nSPS) is 12.3. The van der Waals surface area contributed by atoms with Crippen LogP contribution in [-0.2, 0) is 11.3 Å². The van der Waals surface area contributed by atoms with Gasteiger partial charge in [-0.05, 0) is 17.7 Å². The Labute approximate surface area is 89.1 Å². The molecule has 0 spiro atoms. The largest absolute Gasteiger partial charge is 0.508 e. The molecule has 0 saturated carbocycles. The van der Waals surface area contributed by atoms with Gasteiger partial charge in [-0.3, -0.25) is 4.79 Å². The zero-order chi connectivity index (χ0) is 11.3. The number of primary amides is 1. The Hall–Kier alpha value is -1.55. The highest BCUT2D eigenvalue weighted by molar-refractivity contribution is 5.76. The number of rotatable bonds is 5. The quantitative estimate of drug-likeness (QED) is 0.663. The van der Waals surface area contributed by atoms with Gasteiger partial charge in [0.1, 0.15) is 5.75 Å². The number of phenolic OH excluding ortho intramolecular Hbond substituents is 1. The van der Waals surface area contributed by atoms with E-state index >= 15 is 0 Å². The Bertz CT molecular complexity index is 322. The summed E-state index contributed by atoms with van der Waals surface area (Å²) in [6.45, 7) is 3.01. The van der Waals surface area contributed by atoms with Crippen molar-refractivity contribution in [2.24, 2.45) is 11.7 Å². The Morgan fingerprint density at radius 1 is 1.47 bits per heavy atom. The maximum atomic E-state index is 10.7. The number of nitrogens with two attached hydrogens (primary N) is 1. The van der Waals surface area contributed by atoms with Crippen LogP contribution in [0, 0.1) is 5.92 Å². The second kappa shape index (κ2) is 5.36. The number of phenols is 1. The average Bonchev–Trinajstić information content (AvgIpc) is 2.20. The van der Waals surface area contributed by atoms with E-state index in [1.165, 1.54) is 0 Å². The summed E-state index contributed by atoms with van der Waals surface area (Å²) in [5.41, 5.74) is 6.18. The SMILES string of the molecule is CC(CNCc1ccc(O)cc1)C(N)=O. The lowest BCUT2D eigenvalue weighted by molar-refractivity contribution is -0.121. The smallest absolute Gasteiger partial charge is 0.221 e. The molecule has 0 aromatic heterocycles. The van der Waals surface area contributed by atoms with E-state index in [-0.39, 0.29) is 17.6 Å². The number of nitrogens with one attached hydrogen (secondary N) is 1. The van der Waals surface area contributed by atoms with Crippen LogP contribution >= 0.6 is 0 Å². The van der Waals surface area contributed by atoms with E-state index in [0.717, 1.165) is 5.56 Å². The van der Waals surface area contributed by atoms with Crippen molar-refractivity contribution < 1.29 is 9.90 Å². The first kappa shape index (κ1) is 11.5. The second-order valence-electron chi connectivity index (χ2n) is 3.60. The number of hydrogen-bond acceptors (Lipinski definition) is 3. The van der Waals surface area contributed by atoms with Crippen LogP contribution in [-0.4, -0.2) is 17.6 Å². The molecule has 1 atom stereocenters. The van der Waals surface area contributed by atoms with Gasteiger partial charge in [-0.15, -0.1) is 0 Å². The number of aromatic hydroxyl groups is 1. The van der Waals surface area contributed by atoms with Crippen LogP contribution in [0.25, 0.3) is 0 Å². The molecule has 0 bridgehead atoms. The molecule has 1 rings (SSSR count). The van der Waals surface area contributed by atoms with Gasteiger partial charge >= 0.3 is 0 Å². The van der Waals surface area contributed by atoms with Crippen LogP contribution in [0.4, 0.5) is 0 Å². The van der Waals surface area contributed by atoms with Crippen molar-refractivity contribution in [3.05, 3.63) is 29.8 Å². The Morgan fingerprint density at radius 2 is 2.07 bits per heavy atom. The number of benzene rings is 1. The molecule has 0 aliphatic rings. The van der Waals surface area contributed by atoms with E-state index in [9.17, 15) is 4.79 Å². The van der Waals surface area contributed by atoms with Crippen LogP contribution in [0.15, 0.2) is 24.3 Å².